The second kappa shape index (κ2) is 4.24. The fraction of sp³-hybridized carbons (Fsp3) is 0.538. The minimum Gasteiger partial charge on any atom is -0.256 e. The van der Waals surface area contributed by atoms with Crippen molar-refractivity contribution >= 4 is 15.9 Å². The van der Waals surface area contributed by atoms with Crippen LogP contribution < -0.4 is 4.31 Å². The Bertz CT molecular complexity index is 529. The molecule has 1 heterocycles. The number of rotatable bonds is 1. The molecule has 1 aliphatic heterocycles. The van der Waals surface area contributed by atoms with E-state index < -0.39 is 10.2 Å². The first-order valence-corrected chi connectivity index (χ1v) is 7.47. The standard InChI is InChI=1S/C13H20N2O2S/c1-13(2,3)11-5-7-12(8-6-11)15-10-9-14(4)18(15,16)17/h5-8H,9-10H2,1-4H3. The molecule has 5 heteroatoms. The monoisotopic (exact) mass is 268 g/mol. The van der Waals surface area contributed by atoms with E-state index >= 15 is 0 Å². The van der Waals surface area contributed by atoms with Gasteiger partial charge in [0.2, 0.25) is 0 Å². The SMILES string of the molecule is CN1CCN(c2ccc(C(C)(C)C)cc2)S1(=O)=O. The lowest BCUT2D eigenvalue weighted by Gasteiger charge is -2.22. The Morgan fingerprint density at radius 1 is 1.06 bits per heavy atom. The smallest absolute Gasteiger partial charge is 0.256 e. The predicted octanol–water partition coefficient (Wildman–Crippen LogP) is 1.98. The fourth-order valence-corrected chi connectivity index (χ4v) is 3.37. The predicted molar refractivity (Wildman–Crippen MR) is 74.0 cm³/mol. The second-order valence-electron chi connectivity index (χ2n) is 5.70. The van der Waals surface area contributed by atoms with Crippen LogP contribution in [0.15, 0.2) is 24.3 Å². The average Bonchev–Trinajstić information content (AvgIpc) is 2.53. The van der Waals surface area contributed by atoms with Gasteiger partial charge in [-0.25, -0.2) is 0 Å². The highest BCUT2D eigenvalue weighted by Gasteiger charge is 2.33. The Labute approximate surface area is 109 Å². The minimum atomic E-state index is -3.30. The normalized spacial score (nSPS) is 20.3. The van der Waals surface area contributed by atoms with Crippen LogP contribution in [0.2, 0.25) is 0 Å². The number of hydrogen-bond acceptors (Lipinski definition) is 2. The van der Waals surface area contributed by atoms with E-state index in [1.165, 1.54) is 14.2 Å². The molecule has 18 heavy (non-hydrogen) atoms. The highest BCUT2D eigenvalue weighted by atomic mass is 32.2. The topological polar surface area (TPSA) is 40.6 Å². The Balaban J connectivity index is 2.32. The van der Waals surface area contributed by atoms with Gasteiger partial charge in [0.05, 0.1) is 5.69 Å². The quantitative estimate of drug-likeness (QED) is 0.781. The summed E-state index contributed by atoms with van der Waals surface area (Å²) in [5, 5.41) is 0. The minimum absolute atomic E-state index is 0.0825. The summed E-state index contributed by atoms with van der Waals surface area (Å²) in [7, 11) is -1.69. The maximum Gasteiger partial charge on any atom is 0.303 e. The van der Waals surface area contributed by atoms with Crippen molar-refractivity contribution in [1.29, 1.82) is 0 Å². The molecule has 0 N–H and O–H groups in total. The number of nitrogens with zero attached hydrogens (tertiary/aromatic N) is 2. The first-order valence-electron chi connectivity index (χ1n) is 6.07. The molecule has 1 aromatic rings. The molecule has 2 rings (SSSR count). The fourth-order valence-electron chi connectivity index (χ4n) is 2.02. The summed E-state index contributed by atoms with van der Waals surface area (Å²) in [4.78, 5) is 0. The third kappa shape index (κ3) is 2.24. The molecule has 0 unspecified atom stereocenters. The van der Waals surface area contributed by atoms with E-state index in [0.717, 1.165) is 5.69 Å². The highest BCUT2D eigenvalue weighted by Crippen LogP contribution is 2.28. The molecular formula is C13H20N2O2S. The van der Waals surface area contributed by atoms with Gasteiger partial charge in [0.15, 0.2) is 0 Å². The van der Waals surface area contributed by atoms with Gasteiger partial charge in [-0.05, 0) is 23.1 Å². The van der Waals surface area contributed by atoms with E-state index in [1.54, 1.807) is 7.05 Å². The van der Waals surface area contributed by atoms with Gasteiger partial charge in [0, 0.05) is 20.1 Å². The van der Waals surface area contributed by atoms with Crippen molar-refractivity contribution < 1.29 is 8.42 Å². The molecule has 0 aromatic heterocycles. The van der Waals surface area contributed by atoms with E-state index in [1.807, 2.05) is 24.3 Å². The van der Waals surface area contributed by atoms with Gasteiger partial charge in [0.25, 0.3) is 0 Å². The maximum absolute atomic E-state index is 12.0. The van der Waals surface area contributed by atoms with Crippen LogP contribution in [-0.4, -0.2) is 32.9 Å². The molecule has 1 aliphatic rings. The molecule has 0 amide bonds. The molecule has 1 aromatic carbocycles. The van der Waals surface area contributed by atoms with Gasteiger partial charge in [-0.15, -0.1) is 0 Å². The van der Waals surface area contributed by atoms with E-state index in [9.17, 15) is 8.42 Å². The Morgan fingerprint density at radius 3 is 2.00 bits per heavy atom. The zero-order chi connectivity index (χ0) is 13.6. The van der Waals surface area contributed by atoms with Gasteiger partial charge in [-0.2, -0.15) is 12.7 Å². The Hall–Kier alpha value is -1.07. The Morgan fingerprint density at radius 2 is 1.61 bits per heavy atom. The molecule has 4 nitrogen and oxygen atoms in total. The molecule has 0 spiro atoms. The molecule has 0 saturated carbocycles. The molecular weight excluding hydrogens is 248 g/mol. The van der Waals surface area contributed by atoms with E-state index in [0.29, 0.717) is 13.1 Å². The third-order valence-electron chi connectivity index (χ3n) is 3.31. The van der Waals surface area contributed by atoms with Crippen LogP contribution in [0.25, 0.3) is 0 Å². The van der Waals surface area contributed by atoms with Crippen molar-refractivity contribution in [2.24, 2.45) is 0 Å². The van der Waals surface area contributed by atoms with Crippen molar-refractivity contribution in [3.63, 3.8) is 0 Å². The summed E-state index contributed by atoms with van der Waals surface area (Å²) in [6.07, 6.45) is 0. The van der Waals surface area contributed by atoms with Crippen molar-refractivity contribution in [3.05, 3.63) is 29.8 Å². The van der Waals surface area contributed by atoms with Crippen LogP contribution >= 0.6 is 0 Å². The average molecular weight is 268 g/mol. The van der Waals surface area contributed by atoms with Crippen molar-refractivity contribution in [1.82, 2.24) is 4.31 Å². The van der Waals surface area contributed by atoms with Crippen LogP contribution in [0.3, 0.4) is 0 Å². The van der Waals surface area contributed by atoms with E-state index in [4.69, 9.17) is 0 Å². The molecule has 0 atom stereocenters. The highest BCUT2D eigenvalue weighted by molar-refractivity contribution is 7.90. The largest absolute Gasteiger partial charge is 0.303 e. The Kier molecular flexibility index (Phi) is 3.15. The van der Waals surface area contributed by atoms with Crippen molar-refractivity contribution in [3.8, 4) is 0 Å². The summed E-state index contributed by atoms with van der Waals surface area (Å²) < 4.78 is 26.9. The molecule has 1 fully saturated rings. The number of benzene rings is 1. The first kappa shape index (κ1) is 13.4. The zero-order valence-corrected chi connectivity index (χ0v) is 12.2. The van der Waals surface area contributed by atoms with Crippen LogP contribution in [-0.2, 0) is 15.6 Å². The van der Waals surface area contributed by atoms with Crippen molar-refractivity contribution in [2.45, 2.75) is 26.2 Å². The summed E-state index contributed by atoms with van der Waals surface area (Å²) in [5.41, 5.74) is 2.03. The van der Waals surface area contributed by atoms with Crippen molar-refractivity contribution in [2.75, 3.05) is 24.4 Å². The van der Waals surface area contributed by atoms with Crippen LogP contribution in [0.5, 0.6) is 0 Å². The van der Waals surface area contributed by atoms with Gasteiger partial charge >= 0.3 is 10.2 Å². The first-order chi connectivity index (χ1) is 8.23. The summed E-state index contributed by atoms with van der Waals surface area (Å²) in [6, 6.07) is 7.78. The van der Waals surface area contributed by atoms with E-state index in [-0.39, 0.29) is 5.41 Å². The van der Waals surface area contributed by atoms with E-state index in [2.05, 4.69) is 20.8 Å². The zero-order valence-electron chi connectivity index (χ0n) is 11.3. The van der Waals surface area contributed by atoms with Crippen LogP contribution in [0, 0.1) is 0 Å². The molecule has 0 bridgehead atoms. The van der Waals surface area contributed by atoms with Gasteiger partial charge in [-0.3, -0.25) is 4.31 Å². The van der Waals surface area contributed by atoms with Gasteiger partial charge in [-0.1, -0.05) is 32.9 Å². The summed E-state index contributed by atoms with van der Waals surface area (Å²) in [5.74, 6) is 0. The molecule has 0 aliphatic carbocycles. The number of hydrogen-bond donors (Lipinski definition) is 0. The third-order valence-corrected chi connectivity index (χ3v) is 5.23. The molecule has 1 saturated heterocycles. The van der Waals surface area contributed by atoms with Crippen LogP contribution in [0.1, 0.15) is 26.3 Å². The molecule has 100 valence electrons. The van der Waals surface area contributed by atoms with Gasteiger partial charge < -0.3 is 0 Å². The number of anilines is 1. The summed E-state index contributed by atoms with van der Waals surface area (Å²) >= 11 is 0. The maximum atomic E-state index is 12.0. The number of likely N-dealkylation sites (N-methyl/N-ethyl adjacent to an activating group) is 1. The lowest BCUT2D eigenvalue weighted by Crippen LogP contribution is -2.30. The second-order valence-corrected chi connectivity index (χ2v) is 7.66. The summed E-state index contributed by atoms with van der Waals surface area (Å²) in [6.45, 7) is 7.49. The lowest BCUT2D eigenvalue weighted by atomic mass is 9.87. The van der Waals surface area contributed by atoms with Crippen LogP contribution in [0.4, 0.5) is 5.69 Å². The molecule has 0 radical (unpaired) electrons. The van der Waals surface area contributed by atoms with Gasteiger partial charge in [0.1, 0.15) is 0 Å². The lowest BCUT2D eigenvalue weighted by molar-refractivity contribution is 0.511.